The van der Waals surface area contributed by atoms with Gasteiger partial charge in [0.05, 0.1) is 11.8 Å². The van der Waals surface area contributed by atoms with E-state index in [9.17, 15) is 9.18 Å². The molecule has 3 aromatic rings. The summed E-state index contributed by atoms with van der Waals surface area (Å²) in [5.74, 6) is 0.589. The van der Waals surface area contributed by atoms with Gasteiger partial charge in [-0.1, -0.05) is 25.1 Å². The lowest BCUT2D eigenvalue weighted by atomic mass is 10.1. The van der Waals surface area contributed by atoms with Gasteiger partial charge in [-0.3, -0.25) is 4.79 Å². The molecule has 27 heavy (non-hydrogen) atoms. The zero-order valence-corrected chi connectivity index (χ0v) is 16.0. The van der Waals surface area contributed by atoms with E-state index in [4.69, 9.17) is 0 Å². The summed E-state index contributed by atoms with van der Waals surface area (Å²) in [4.78, 5) is 27.7. The van der Waals surface area contributed by atoms with Crippen LogP contribution in [0.15, 0.2) is 36.7 Å². The van der Waals surface area contributed by atoms with E-state index in [0.29, 0.717) is 31.7 Å². The number of thiophene rings is 1. The summed E-state index contributed by atoms with van der Waals surface area (Å²) in [5, 5.41) is 1.09. The summed E-state index contributed by atoms with van der Waals surface area (Å²) in [6.45, 7) is 4.80. The van der Waals surface area contributed by atoms with Crippen LogP contribution in [0.2, 0.25) is 0 Å². The van der Waals surface area contributed by atoms with Crippen LogP contribution < -0.4 is 4.90 Å². The topological polar surface area (TPSA) is 49.3 Å². The van der Waals surface area contributed by atoms with E-state index in [-0.39, 0.29) is 18.1 Å². The number of piperazine rings is 1. The maximum Gasteiger partial charge on any atom is 0.227 e. The molecular weight excluding hydrogens is 363 g/mol. The first-order valence-corrected chi connectivity index (χ1v) is 9.97. The Morgan fingerprint density at radius 2 is 1.96 bits per heavy atom. The molecule has 0 radical (unpaired) electrons. The van der Waals surface area contributed by atoms with E-state index in [0.717, 1.165) is 22.5 Å². The Bertz CT molecular complexity index is 966. The summed E-state index contributed by atoms with van der Waals surface area (Å²) < 4.78 is 13.8. The first kappa shape index (κ1) is 17.9. The van der Waals surface area contributed by atoms with Crippen LogP contribution in [-0.4, -0.2) is 47.0 Å². The predicted molar refractivity (Wildman–Crippen MR) is 106 cm³/mol. The van der Waals surface area contributed by atoms with E-state index in [1.807, 2.05) is 4.90 Å². The minimum atomic E-state index is -0.322. The van der Waals surface area contributed by atoms with Crippen molar-refractivity contribution >= 4 is 33.3 Å². The quantitative estimate of drug-likeness (QED) is 0.693. The van der Waals surface area contributed by atoms with Crippen molar-refractivity contribution in [3.05, 3.63) is 52.9 Å². The fourth-order valence-corrected chi connectivity index (χ4v) is 4.33. The molecule has 0 unspecified atom stereocenters. The summed E-state index contributed by atoms with van der Waals surface area (Å²) in [7, 11) is 0. The Morgan fingerprint density at radius 3 is 2.70 bits per heavy atom. The molecule has 3 heterocycles. The van der Waals surface area contributed by atoms with Gasteiger partial charge in [0.25, 0.3) is 0 Å². The number of benzene rings is 1. The third-order valence-corrected chi connectivity index (χ3v) is 6.13. The average Bonchev–Trinajstić information content (AvgIpc) is 3.13. The fourth-order valence-electron chi connectivity index (χ4n) is 3.40. The van der Waals surface area contributed by atoms with Gasteiger partial charge in [-0.2, -0.15) is 0 Å². The maximum atomic E-state index is 13.8. The zero-order chi connectivity index (χ0) is 18.8. The van der Waals surface area contributed by atoms with Crippen molar-refractivity contribution in [3.63, 3.8) is 0 Å². The molecule has 1 fully saturated rings. The lowest BCUT2D eigenvalue weighted by Gasteiger charge is -2.35. The number of rotatable bonds is 4. The van der Waals surface area contributed by atoms with Crippen LogP contribution in [0.4, 0.5) is 10.2 Å². The lowest BCUT2D eigenvalue weighted by Crippen LogP contribution is -2.49. The zero-order valence-electron chi connectivity index (χ0n) is 15.2. The van der Waals surface area contributed by atoms with E-state index in [1.165, 1.54) is 10.9 Å². The molecule has 0 atom stereocenters. The van der Waals surface area contributed by atoms with Gasteiger partial charge in [-0.25, -0.2) is 14.4 Å². The van der Waals surface area contributed by atoms with Crippen molar-refractivity contribution in [2.45, 2.75) is 19.8 Å². The number of hydrogen-bond acceptors (Lipinski definition) is 5. The number of aryl methyl sites for hydroxylation is 1. The molecule has 7 heteroatoms. The van der Waals surface area contributed by atoms with Crippen molar-refractivity contribution in [2.24, 2.45) is 0 Å². The normalized spacial score (nSPS) is 14.7. The highest BCUT2D eigenvalue weighted by Gasteiger charge is 2.24. The highest BCUT2D eigenvalue weighted by molar-refractivity contribution is 7.18. The predicted octanol–water partition coefficient (Wildman–Crippen LogP) is 3.28. The molecule has 5 nitrogen and oxygen atoms in total. The van der Waals surface area contributed by atoms with Crippen LogP contribution in [0.1, 0.15) is 17.4 Å². The van der Waals surface area contributed by atoms with Gasteiger partial charge in [0.15, 0.2) is 0 Å². The highest BCUT2D eigenvalue weighted by Crippen LogP contribution is 2.31. The van der Waals surface area contributed by atoms with E-state index >= 15 is 0 Å². The fraction of sp³-hybridized carbons (Fsp3) is 0.350. The molecule has 1 amide bonds. The van der Waals surface area contributed by atoms with Crippen LogP contribution in [-0.2, 0) is 17.6 Å². The number of carbonyl (C=O) groups excluding carboxylic acids is 1. The Balaban J connectivity index is 1.44. The first-order chi connectivity index (χ1) is 13.2. The largest absolute Gasteiger partial charge is 0.352 e. The summed E-state index contributed by atoms with van der Waals surface area (Å²) in [6, 6.07) is 8.63. The highest BCUT2D eigenvalue weighted by atomic mass is 32.1. The molecule has 0 saturated carbocycles. The minimum absolute atomic E-state index is 0.0311. The first-order valence-electron chi connectivity index (χ1n) is 9.15. The molecule has 2 aromatic heterocycles. The summed E-state index contributed by atoms with van der Waals surface area (Å²) in [5.41, 5.74) is 0.452. The Labute approximate surface area is 161 Å². The molecule has 4 rings (SSSR count). The number of fused-ring (bicyclic) bond motifs is 1. The maximum absolute atomic E-state index is 13.8. The molecule has 0 aliphatic carbocycles. The molecule has 0 spiro atoms. The van der Waals surface area contributed by atoms with E-state index in [2.05, 4.69) is 27.9 Å². The summed E-state index contributed by atoms with van der Waals surface area (Å²) in [6.07, 6.45) is 2.71. The van der Waals surface area contributed by atoms with Gasteiger partial charge >= 0.3 is 0 Å². The number of carbonyl (C=O) groups is 1. The monoisotopic (exact) mass is 384 g/mol. The van der Waals surface area contributed by atoms with Crippen LogP contribution >= 0.6 is 11.3 Å². The third-order valence-electron chi connectivity index (χ3n) is 4.94. The molecular formula is C20H21FN4OS. The standard InChI is InChI=1S/C20H21FN4OS/c1-2-15-12-16-19(22-13-23-20(16)27-15)25-9-7-24(8-10-25)18(26)11-14-5-3-4-6-17(14)21/h3-6,12-13H,2,7-11H2,1H3. The lowest BCUT2D eigenvalue weighted by molar-refractivity contribution is -0.130. The van der Waals surface area contributed by atoms with Crippen molar-refractivity contribution in [1.29, 1.82) is 0 Å². The second-order valence-corrected chi connectivity index (χ2v) is 7.73. The number of anilines is 1. The van der Waals surface area contributed by atoms with Crippen molar-refractivity contribution in [2.75, 3.05) is 31.1 Å². The number of halogens is 1. The van der Waals surface area contributed by atoms with Gasteiger partial charge in [-0.05, 0) is 24.1 Å². The van der Waals surface area contributed by atoms with Gasteiger partial charge in [0.2, 0.25) is 5.91 Å². The van der Waals surface area contributed by atoms with E-state index < -0.39 is 0 Å². The van der Waals surface area contributed by atoms with E-state index in [1.54, 1.807) is 35.9 Å². The van der Waals surface area contributed by atoms with Crippen LogP contribution in [0, 0.1) is 5.82 Å². The number of amides is 1. The van der Waals surface area contributed by atoms with Gasteiger partial charge in [0.1, 0.15) is 22.8 Å². The molecule has 1 saturated heterocycles. The minimum Gasteiger partial charge on any atom is -0.352 e. The van der Waals surface area contributed by atoms with Crippen molar-refractivity contribution < 1.29 is 9.18 Å². The molecule has 1 aromatic carbocycles. The molecule has 0 bridgehead atoms. The molecule has 0 N–H and O–H groups in total. The summed E-state index contributed by atoms with van der Waals surface area (Å²) >= 11 is 1.71. The second kappa shape index (κ2) is 7.60. The number of nitrogens with zero attached hydrogens (tertiary/aromatic N) is 4. The molecule has 1 aliphatic rings. The molecule has 1 aliphatic heterocycles. The Hall–Kier alpha value is -2.54. The van der Waals surface area contributed by atoms with Crippen LogP contribution in [0.5, 0.6) is 0 Å². The second-order valence-electron chi connectivity index (χ2n) is 6.62. The third kappa shape index (κ3) is 3.64. The van der Waals surface area contributed by atoms with Gasteiger partial charge in [0, 0.05) is 31.1 Å². The van der Waals surface area contributed by atoms with Crippen molar-refractivity contribution in [3.8, 4) is 0 Å². The average molecular weight is 384 g/mol. The Kier molecular flexibility index (Phi) is 5.03. The van der Waals surface area contributed by atoms with Gasteiger partial charge in [-0.15, -0.1) is 11.3 Å². The van der Waals surface area contributed by atoms with Gasteiger partial charge < -0.3 is 9.80 Å². The number of aromatic nitrogens is 2. The molecule has 140 valence electrons. The van der Waals surface area contributed by atoms with Crippen LogP contribution in [0.3, 0.4) is 0 Å². The Morgan fingerprint density at radius 1 is 1.19 bits per heavy atom. The van der Waals surface area contributed by atoms with Crippen LogP contribution in [0.25, 0.3) is 10.2 Å². The smallest absolute Gasteiger partial charge is 0.227 e. The number of hydrogen-bond donors (Lipinski definition) is 0. The van der Waals surface area contributed by atoms with Crippen molar-refractivity contribution in [1.82, 2.24) is 14.9 Å². The SMILES string of the molecule is CCc1cc2c(N3CCN(C(=O)Cc4ccccc4F)CC3)ncnc2s1.